The maximum absolute atomic E-state index is 5.36. The number of nitrogens with two attached hydrogens (primary N) is 3. The van der Waals surface area contributed by atoms with E-state index in [0.717, 1.165) is 56.4 Å². The Morgan fingerprint density at radius 3 is 0.929 bits per heavy atom. The van der Waals surface area contributed by atoms with Crippen molar-refractivity contribution in [1.82, 2.24) is 0 Å². The molecule has 0 unspecified atom stereocenters. The predicted octanol–water partition coefficient (Wildman–Crippen LogP) is 12.9. The van der Waals surface area contributed by atoms with Gasteiger partial charge < -0.3 is 31.4 Å². The number of rotatable bonds is 19. The normalized spacial score (nSPS) is 9.89. The summed E-state index contributed by atoms with van der Waals surface area (Å²) in [4.78, 5) is 0. The summed E-state index contributed by atoms with van der Waals surface area (Å²) >= 11 is 0. The molecule has 0 spiro atoms. The Hall–Kier alpha value is -1.80. The van der Waals surface area contributed by atoms with E-state index in [0.29, 0.717) is 38.3 Å². The number of hydrogen-bond acceptors (Lipinski definition) is 6. The molecule has 336 valence electrons. The van der Waals surface area contributed by atoms with E-state index in [1.807, 2.05) is 6.92 Å². The highest BCUT2D eigenvalue weighted by atomic mass is 16.5. The van der Waals surface area contributed by atoms with Crippen LogP contribution in [0.25, 0.3) is 0 Å². The van der Waals surface area contributed by atoms with Gasteiger partial charge in [-0.25, -0.2) is 0 Å². The summed E-state index contributed by atoms with van der Waals surface area (Å²) in [5, 5.41) is 0. The first-order valence-electron chi connectivity index (χ1n) is 22.4. The molecule has 2 aromatic carbocycles. The highest BCUT2D eigenvalue weighted by Crippen LogP contribution is 2.07. The van der Waals surface area contributed by atoms with Crippen molar-refractivity contribution in [2.75, 3.05) is 59.8 Å². The van der Waals surface area contributed by atoms with Crippen LogP contribution >= 0.6 is 0 Å². The maximum Gasteiger partial charge on any atom is 0.0701 e. The molecule has 6 N–H and O–H groups in total. The molecule has 0 atom stereocenters. The SMILES string of the molecule is CC(C)CN.CC(C)Cc1ccccc1.CC(C)Cc1ccccc1.CCCC(C)C.CCCC(C)C.CCCOCCOCCOCC(C)C.CCN.CN. The Labute approximate surface area is 353 Å². The highest BCUT2D eigenvalue weighted by molar-refractivity contribution is 5.15. The molecule has 0 aliphatic rings. The molecule has 0 fully saturated rings. The molecule has 0 radical (unpaired) electrons. The van der Waals surface area contributed by atoms with E-state index < -0.39 is 0 Å². The molecule has 0 saturated carbocycles. The zero-order valence-corrected chi connectivity index (χ0v) is 40.8. The van der Waals surface area contributed by atoms with Gasteiger partial charge in [-0.15, -0.1) is 0 Å². The molecule has 2 aromatic rings. The van der Waals surface area contributed by atoms with Crippen LogP contribution < -0.4 is 17.2 Å². The van der Waals surface area contributed by atoms with Crippen molar-refractivity contribution in [2.24, 2.45) is 52.7 Å². The van der Waals surface area contributed by atoms with Gasteiger partial charge in [0.1, 0.15) is 0 Å². The van der Waals surface area contributed by atoms with Gasteiger partial charge in [0, 0.05) is 13.2 Å². The van der Waals surface area contributed by atoms with Crippen LogP contribution in [0.4, 0.5) is 0 Å². The lowest BCUT2D eigenvalue weighted by Crippen LogP contribution is -2.11. The quantitative estimate of drug-likeness (QED) is 0.122. The first-order valence-corrected chi connectivity index (χ1v) is 22.4. The van der Waals surface area contributed by atoms with Crippen LogP contribution in [0.5, 0.6) is 0 Å². The smallest absolute Gasteiger partial charge is 0.0701 e. The zero-order chi connectivity index (χ0) is 44.4. The van der Waals surface area contributed by atoms with E-state index in [9.17, 15) is 0 Å². The van der Waals surface area contributed by atoms with Gasteiger partial charge >= 0.3 is 0 Å². The molecule has 0 aromatic heterocycles. The van der Waals surface area contributed by atoms with Crippen LogP contribution in [0.1, 0.15) is 154 Å². The highest BCUT2D eigenvalue weighted by Gasteiger charge is 1.96. The monoisotopic (exact) mass is 794 g/mol. The first-order chi connectivity index (χ1) is 26.6. The summed E-state index contributed by atoms with van der Waals surface area (Å²) < 4.78 is 15.9. The molecular formula is C50H103N3O3. The zero-order valence-electron chi connectivity index (χ0n) is 40.8. The Bertz CT molecular complexity index is 820. The van der Waals surface area contributed by atoms with Crippen LogP contribution in [0.3, 0.4) is 0 Å². The average Bonchev–Trinajstić information content (AvgIpc) is 3.13. The van der Waals surface area contributed by atoms with Gasteiger partial charge in [-0.05, 0) is 86.0 Å². The number of hydrogen-bond donors (Lipinski definition) is 3. The molecule has 6 nitrogen and oxygen atoms in total. The minimum atomic E-state index is 0.600. The summed E-state index contributed by atoms with van der Waals surface area (Å²) in [5.41, 5.74) is 17.4. The van der Waals surface area contributed by atoms with Crippen LogP contribution in [0.15, 0.2) is 60.7 Å². The van der Waals surface area contributed by atoms with Gasteiger partial charge in [-0.1, -0.05) is 197 Å². The first kappa shape index (κ1) is 66.0. The van der Waals surface area contributed by atoms with Crippen LogP contribution in [-0.2, 0) is 27.1 Å². The van der Waals surface area contributed by atoms with Gasteiger partial charge in [0.15, 0.2) is 0 Å². The third-order valence-electron chi connectivity index (χ3n) is 6.72. The second kappa shape index (κ2) is 57.5. The van der Waals surface area contributed by atoms with Gasteiger partial charge in [0.25, 0.3) is 0 Å². The largest absolute Gasteiger partial charge is 0.379 e. The van der Waals surface area contributed by atoms with Gasteiger partial charge in [-0.3, -0.25) is 0 Å². The molecule has 2 rings (SSSR count). The molecule has 56 heavy (non-hydrogen) atoms. The van der Waals surface area contributed by atoms with Crippen molar-refractivity contribution in [1.29, 1.82) is 0 Å². The second-order valence-electron chi connectivity index (χ2n) is 16.3. The number of ether oxygens (including phenoxy) is 3. The summed E-state index contributed by atoms with van der Waals surface area (Å²) in [6, 6.07) is 21.2. The fraction of sp³-hybridized carbons (Fsp3) is 0.760. The van der Waals surface area contributed by atoms with E-state index in [4.69, 9.17) is 25.7 Å². The summed E-state index contributed by atoms with van der Waals surface area (Å²) in [6.45, 7) is 40.8. The minimum absolute atomic E-state index is 0.600. The Morgan fingerprint density at radius 2 is 0.714 bits per heavy atom. The van der Waals surface area contributed by atoms with Crippen molar-refractivity contribution in [3.05, 3.63) is 71.8 Å². The van der Waals surface area contributed by atoms with Crippen LogP contribution in [0.2, 0.25) is 0 Å². The Kier molecular flexibility index (Phi) is 67.8. The van der Waals surface area contributed by atoms with Crippen molar-refractivity contribution in [3.63, 3.8) is 0 Å². The average molecular weight is 794 g/mol. The maximum atomic E-state index is 5.36. The fourth-order valence-corrected chi connectivity index (χ4v) is 4.23. The molecule has 0 aliphatic carbocycles. The van der Waals surface area contributed by atoms with E-state index >= 15 is 0 Å². The molecular weight excluding hydrogens is 691 g/mol. The fourth-order valence-electron chi connectivity index (χ4n) is 4.23. The van der Waals surface area contributed by atoms with Gasteiger partial charge in [0.05, 0.1) is 26.4 Å². The Morgan fingerprint density at radius 1 is 0.411 bits per heavy atom. The van der Waals surface area contributed by atoms with Crippen molar-refractivity contribution in [3.8, 4) is 0 Å². The summed E-state index contributed by atoms with van der Waals surface area (Å²) in [7, 11) is 1.50. The lowest BCUT2D eigenvalue weighted by Gasteiger charge is -2.07. The second-order valence-corrected chi connectivity index (χ2v) is 16.3. The van der Waals surface area contributed by atoms with Gasteiger partial charge in [-0.2, -0.15) is 0 Å². The summed E-state index contributed by atoms with van der Waals surface area (Å²) in [5.74, 6) is 4.59. The van der Waals surface area contributed by atoms with E-state index in [-0.39, 0.29) is 0 Å². The summed E-state index contributed by atoms with van der Waals surface area (Å²) in [6.07, 6.45) is 8.87. The molecule has 0 heterocycles. The lowest BCUT2D eigenvalue weighted by molar-refractivity contribution is 0.00968. The van der Waals surface area contributed by atoms with E-state index in [1.54, 1.807) is 0 Å². The minimum Gasteiger partial charge on any atom is -0.379 e. The molecule has 0 aliphatic heterocycles. The van der Waals surface area contributed by atoms with E-state index in [1.165, 1.54) is 56.7 Å². The lowest BCUT2D eigenvalue weighted by atomic mass is 10.0. The molecule has 0 bridgehead atoms. The molecule has 0 amide bonds. The standard InChI is InChI=1S/C11H24O3.2C10H14.2C6H14.C4H11N.C2H7N.CH5N/c1-4-5-12-6-7-13-8-9-14-10-11(2)3;2*1-9(2)8-10-6-4-3-5-7-10;2*1-4-5-6(2)3;1-4(2)3-5;1-2-3;1-2/h11H,4-10H2,1-3H3;2*3-7,9H,8H2,1-2H3;2*6H,4-5H2,1-3H3;4H,3,5H2,1-2H3;2-3H2,1H3;2H2,1H3. The van der Waals surface area contributed by atoms with Crippen LogP contribution in [-0.4, -0.2) is 59.8 Å². The van der Waals surface area contributed by atoms with Crippen molar-refractivity contribution in [2.45, 2.75) is 156 Å². The Balaban J connectivity index is -0.000000135. The molecule has 0 saturated heterocycles. The molecule has 6 heteroatoms. The van der Waals surface area contributed by atoms with E-state index in [2.05, 4.69) is 170 Å². The van der Waals surface area contributed by atoms with Gasteiger partial charge in [0.2, 0.25) is 0 Å². The number of benzene rings is 2. The predicted molar refractivity (Wildman–Crippen MR) is 256 cm³/mol. The third-order valence-corrected chi connectivity index (χ3v) is 6.72. The van der Waals surface area contributed by atoms with Crippen molar-refractivity contribution < 1.29 is 14.2 Å². The third kappa shape index (κ3) is 80.6. The van der Waals surface area contributed by atoms with Crippen LogP contribution in [0, 0.1) is 35.5 Å². The topological polar surface area (TPSA) is 106 Å². The van der Waals surface area contributed by atoms with Crippen molar-refractivity contribution >= 4 is 0 Å².